The molecule has 1 aromatic heterocycles. The molecule has 6 heteroatoms. The lowest BCUT2D eigenvalue weighted by Crippen LogP contribution is -3.15. The zero-order chi connectivity index (χ0) is 21.6. The van der Waals surface area contributed by atoms with Crippen molar-refractivity contribution in [2.24, 2.45) is 5.10 Å². The Labute approximate surface area is 183 Å². The number of amides is 1. The molecule has 6 nitrogen and oxygen atoms in total. The van der Waals surface area contributed by atoms with E-state index in [4.69, 9.17) is 4.74 Å². The smallest absolute Gasteiger partial charge is 0.295 e. The van der Waals surface area contributed by atoms with Gasteiger partial charge in [0, 0.05) is 22.6 Å². The average molecular weight is 418 g/mol. The summed E-state index contributed by atoms with van der Waals surface area (Å²) in [6, 6.07) is 21.0. The van der Waals surface area contributed by atoms with Gasteiger partial charge in [0.2, 0.25) is 0 Å². The van der Waals surface area contributed by atoms with Gasteiger partial charge < -0.3 is 14.2 Å². The maximum Gasteiger partial charge on any atom is 0.295 e. The third-order valence-electron chi connectivity index (χ3n) is 5.71. The molecule has 2 N–H and O–H groups in total. The SMILES string of the molecule is Cc1cc(/C=N\NC(=O)C[NH+]2CCOCC2)c(C)n1-c1ccc(-c2ccccc2)cc1. The van der Waals surface area contributed by atoms with Crippen molar-refractivity contribution >= 4 is 12.1 Å². The van der Waals surface area contributed by atoms with Crippen molar-refractivity contribution in [2.45, 2.75) is 13.8 Å². The van der Waals surface area contributed by atoms with Crippen molar-refractivity contribution in [1.82, 2.24) is 9.99 Å². The van der Waals surface area contributed by atoms with Gasteiger partial charge >= 0.3 is 0 Å². The van der Waals surface area contributed by atoms with Gasteiger partial charge in [-0.3, -0.25) is 4.79 Å². The molecular weight excluding hydrogens is 388 g/mol. The fourth-order valence-electron chi connectivity index (χ4n) is 4.03. The van der Waals surface area contributed by atoms with E-state index in [1.165, 1.54) is 16.0 Å². The molecule has 1 amide bonds. The number of nitrogens with one attached hydrogen (secondary N) is 2. The Hall–Kier alpha value is -3.22. The van der Waals surface area contributed by atoms with Crippen LogP contribution in [0.1, 0.15) is 17.0 Å². The lowest BCUT2D eigenvalue weighted by molar-refractivity contribution is -0.900. The van der Waals surface area contributed by atoms with Crippen LogP contribution in [0.3, 0.4) is 0 Å². The number of ether oxygens (including phenoxy) is 1. The van der Waals surface area contributed by atoms with Crippen LogP contribution in [-0.2, 0) is 9.53 Å². The second kappa shape index (κ2) is 9.73. The summed E-state index contributed by atoms with van der Waals surface area (Å²) in [5.74, 6) is -0.0709. The topological polar surface area (TPSA) is 60.1 Å². The van der Waals surface area contributed by atoms with E-state index in [9.17, 15) is 4.79 Å². The van der Waals surface area contributed by atoms with Crippen molar-refractivity contribution in [3.05, 3.63) is 77.6 Å². The van der Waals surface area contributed by atoms with E-state index in [0.29, 0.717) is 19.8 Å². The van der Waals surface area contributed by atoms with Gasteiger partial charge in [-0.25, -0.2) is 5.43 Å². The highest BCUT2D eigenvalue weighted by Gasteiger charge is 2.17. The average Bonchev–Trinajstić information content (AvgIpc) is 3.08. The Bertz CT molecular complexity index is 1050. The highest BCUT2D eigenvalue weighted by Crippen LogP contribution is 2.24. The molecule has 2 heterocycles. The van der Waals surface area contributed by atoms with Crippen LogP contribution in [0.25, 0.3) is 16.8 Å². The number of rotatable bonds is 6. The summed E-state index contributed by atoms with van der Waals surface area (Å²) in [6.45, 7) is 7.72. The number of morpholine rings is 1. The third kappa shape index (κ3) is 5.10. The number of carbonyl (C=O) groups is 1. The van der Waals surface area contributed by atoms with Crippen LogP contribution in [0, 0.1) is 13.8 Å². The van der Waals surface area contributed by atoms with Crippen LogP contribution < -0.4 is 10.3 Å². The monoisotopic (exact) mass is 417 g/mol. The van der Waals surface area contributed by atoms with Crippen molar-refractivity contribution in [3.63, 3.8) is 0 Å². The fraction of sp³-hybridized carbons (Fsp3) is 0.280. The predicted molar refractivity (Wildman–Crippen MR) is 123 cm³/mol. The molecule has 0 radical (unpaired) electrons. The Balaban J connectivity index is 1.43. The molecule has 3 aromatic rings. The molecule has 1 aliphatic heterocycles. The number of hydrogen-bond acceptors (Lipinski definition) is 3. The molecule has 160 valence electrons. The lowest BCUT2D eigenvalue weighted by Gasteiger charge is -2.22. The second-order valence-corrected chi connectivity index (χ2v) is 7.91. The molecule has 1 fully saturated rings. The summed E-state index contributed by atoms with van der Waals surface area (Å²) >= 11 is 0. The van der Waals surface area contributed by atoms with E-state index in [1.54, 1.807) is 6.21 Å². The zero-order valence-electron chi connectivity index (χ0n) is 18.1. The minimum Gasteiger partial charge on any atom is -0.370 e. The van der Waals surface area contributed by atoms with Crippen molar-refractivity contribution in [1.29, 1.82) is 0 Å². The predicted octanol–water partition coefficient (Wildman–Crippen LogP) is 2.13. The van der Waals surface area contributed by atoms with Gasteiger partial charge in [-0.15, -0.1) is 0 Å². The minimum absolute atomic E-state index is 0.0709. The largest absolute Gasteiger partial charge is 0.370 e. The highest BCUT2D eigenvalue weighted by molar-refractivity contribution is 5.84. The summed E-state index contributed by atoms with van der Waals surface area (Å²) in [7, 11) is 0. The number of aryl methyl sites for hydroxylation is 1. The molecule has 0 bridgehead atoms. The fourth-order valence-corrected chi connectivity index (χ4v) is 4.03. The van der Waals surface area contributed by atoms with E-state index in [1.807, 2.05) is 6.07 Å². The Kier molecular flexibility index (Phi) is 6.60. The summed E-state index contributed by atoms with van der Waals surface area (Å²) < 4.78 is 7.53. The van der Waals surface area contributed by atoms with Gasteiger partial charge in [0.15, 0.2) is 6.54 Å². The van der Waals surface area contributed by atoms with Gasteiger partial charge in [0.25, 0.3) is 5.91 Å². The summed E-state index contributed by atoms with van der Waals surface area (Å²) in [5, 5.41) is 4.19. The van der Waals surface area contributed by atoms with E-state index in [0.717, 1.165) is 35.7 Å². The van der Waals surface area contributed by atoms with Crippen molar-refractivity contribution in [3.8, 4) is 16.8 Å². The van der Waals surface area contributed by atoms with Crippen LogP contribution in [0.5, 0.6) is 0 Å². The van der Waals surface area contributed by atoms with Crippen LogP contribution in [0.2, 0.25) is 0 Å². The Morgan fingerprint density at radius 2 is 1.74 bits per heavy atom. The van der Waals surface area contributed by atoms with Crippen molar-refractivity contribution in [2.75, 3.05) is 32.8 Å². The highest BCUT2D eigenvalue weighted by atomic mass is 16.5. The van der Waals surface area contributed by atoms with Crippen molar-refractivity contribution < 1.29 is 14.4 Å². The summed E-state index contributed by atoms with van der Waals surface area (Å²) in [5.41, 5.74) is 9.36. The first-order valence-electron chi connectivity index (χ1n) is 10.7. The number of quaternary nitrogens is 1. The van der Waals surface area contributed by atoms with Gasteiger partial charge in [0.05, 0.1) is 19.4 Å². The second-order valence-electron chi connectivity index (χ2n) is 7.91. The molecule has 0 aliphatic carbocycles. The van der Waals surface area contributed by atoms with Crippen LogP contribution in [-0.4, -0.2) is 49.5 Å². The van der Waals surface area contributed by atoms with Crippen LogP contribution >= 0.6 is 0 Å². The van der Waals surface area contributed by atoms with E-state index in [-0.39, 0.29) is 5.91 Å². The van der Waals surface area contributed by atoms with Gasteiger partial charge in [-0.1, -0.05) is 42.5 Å². The van der Waals surface area contributed by atoms with E-state index >= 15 is 0 Å². The van der Waals surface area contributed by atoms with Crippen LogP contribution in [0.15, 0.2) is 65.8 Å². The summed E-state index contributed by atoms with van der Waals surface area (Å²) in [6.07, 6.45) is 1.73. The molecule has 4 rings (SSSR count). The standard InChI is InChI=1S/C25H28N4O2/c1-19-16-23(17-26-27-25(30)18-28-12-14-31-15-13-28)20(2)29(19)24-10-8-22(9-11-24)21-6-4-3-5-7-21/h3-11,16-17H,12-15,18H2,1-2H3,(H,27,30)/p+1/b26-17-. The Morgan fingerprint density at radius 3 is 2.45 bits per heavy atom. The zero-order valence-corrected chi connectivity index (χ0v) is 18.1. The maximum atomic E-state index is 12.1. The quantitative estimate of drug-likeness (QED) is 0.477. The number of nitrogens with zero attached hydrogens (tertiary/aromatic N) is 2. The maximum absolute atomic E-state index is 12.1. The van der Waals surface area contributed by atoms with Crippen LogP contribution in [0.4, 0.5) is 0 Å². The minimum atomic E-state index is -0.0709. The molecule has 0 spiro atoms. The number of carbonyl (C=O) groups excluding carboxylic acids is 1. The molecule has 1 aliphatic rings. The van der Waals surface area contributed by atoms with E-state index < -0.39 is 0 Å². The van der Waals surface area contributed by atoms with Gasteiger partial charge in [-0.2, -0.15) is 5.10 Å². The molecule has 0 unspecified atom stereocenters. The first-order chi connectivity index (χ1) is 15.1. The number of aromatic nitrogens is 1. The first kappa shape index (κ1) is 21.0. The molecule has 2 aromatic carbocycles. The molecule has 0 saturated carbocycles. The Morgan fingerprint density at radius 1 is 1.06 bits per heavy atom. The number of hydrazone groups is 1. The summed E-state index contributed by atoms with van der Waals surface area (Å²) in [4.78, 5) is 13.4. The number of hydrogen-bond donors (Lipinski definition) is 2. The normalized spacial score (nSPS) is 14.8. The molecule has 1 saturated heterocycles. The molecule has 31 heavy (non-hydrogen) atoms. The molecule has 0 atom stereocenters. The third-order valence-corrected chi connectivity index (χ3v) is 5.71. The molecular formula is C25H29N4O2+. The van der Waals surface area contributed by atoms with Gasteiger partial charge in [0.1, 0.15) is 13.1 Å². The van der Waals surface area contributed by atoms with E-state index in [2.05, 4.69) is 83.5 Å². The number of benzene rings is 2. The van der Waals surface area contributed by atoms with Gasteiger partial charge in [-0.05, 0) is 43.2 Å². The first-order valence-corrected chi connectivity index (χ1v) is 10.7. The lowest BCUT2D eigenvalue weighted by atomic mass is 10.1.